The molecule has 4 rings (SSSR count). The second-order valence-electron chi connectivity index (χ2n) is 7.60. The molecule has 2 fully saturated rings. The van der Waals surface area contributed by atoms with Crippen LogP contribution in [0.4, 0.5) is 0 Å². The number of ether oxygens (including phenoxy) is 1. The highest BCUT2D eigenvalue weighted by molar-refractivity contribution is 5.98. The van der Waals surface area contributed by atoms with Crippen LogP contribution in [0.5, 0.6) is 5.75 Å². The quantitative estimate of drug-likeness (QED) is 0.750. The molecule has 2 aromatic carbocycles. The summed E-state index contributed by atoms with van der Waals surface area (Å²) < 4.78 is 5.27. The van der Waals surface area contributed by atoms with Gasteiger partial charge in [-0.2, -0.15) is 5.26 Å². The number of hydrogen-bond donors (Lipinski definition) is 0. The highest BCUT2D eigenvalue weighted by Crippen LogP contribution is 2.41. The summed E-state index contributed by atoms with van der Waals surface area (Å²) >= 11 is 0. The number of ketones is 1. The average molecular weight is 360 g/mol. The molecule has 0 aliphatic carbocycles. The van der Waals surface area contributed by atoms with Crippen molar-refractivity contribution in [3.63, 3.8) is 0 Å². The SMILES string of the molecule is COc1cc(C(=O)C2CC3CCC(C2)N3Cc2ccccc2)ccc1C#N. The van der Waals surface area contributed by atoms with Gasteiger partial charge in [-0.15, -0.1) is 0 Å². The summed E-state index contributed by atoms with van der Waals surface area (Å²) in [5, 5.41) is 9.14. The van der Waals surface area contributed by atoms with Gasteiger partial charge in [-0.25, -0.2) is 0 Å². The summed E-state index contributed by atoms with van der Waals surface area (Å²) in [4.78, 5) is 15.7. The van der Waals surface area contributed by atoms with E-state index >= 15 is 0 Å². The molecule has 0 amide bonds. The first-order valence-electron chi connectivity index (χ1n) is 9.61. The Hall–Kier alpha value is -2.64. The molecule has 2 bridgehead atoms. The number of methoxy groups -OCH3 is 1. The van der Waals surface area contributed by atoms with Crippen LogP contribution in [-0.2, 0) is 6.54 Å². The Morgan fingerprint density at radius 1 is 1.15 bits per heavy atom. The maximum atomic E-state index is 13.1. The first-order valence-corrected chi connectivity index (χ1v) is 9.61. The summed E-state index contributed by atoms with van der Waals surface area (Å²) in [6.07, 6.45) is 4.20. The van der Waals surface area contributed by atoms with E-state index in [1.54, 1.807) is 18.2 Å². The van der Waals surface area contributed by atoms with Gasteiger partial charge in [0.25, 0.3) is 0 Å². The Balaban J connectivity index is 1.48. The van der Waals surface area contributed by atoms with E-state index in [0.717, 1.165) is 19.4 Å². The van der Waals surface area contributed by atoms with E-state index in [4.69, 9.17) is 10.00 Å². The minimum atomic E-state index is 0.0622. The smallest absolute Gasteiger partial charge is 0.166 e. The van der Waals surface area contributed by atoms with Gasteiger partial charge in [-0.05, 0) is 49.4 Å². The lowest BCUT2D eigenvalue weighted by molar-refractivity contribution is 0.0678. The molecule has 4 nitrogen and oxygen atoms in total. The predicted molar refractivity (Wildman–Crippen MR) is 104 cm³/mol. The molecule has 4 heteroatoms. The van der Waals surface area contributed by atoms with E-state index in [0.29, 0.717) is 29.0 Å². The van der Waals surface area contributed by atoms with Gasteiger partial charge >= 0.3 is 0 Å². The zero-order valence-electron chi connectivity index (χ0n) is 15.6. The van der Waals surface area contributed by atoms with Gasteiger partial charge in [0.2, 0.25) is 0 Å². The van der Waals surface area contributed by atoms with E-state index in [2.05, 4.69) is 41.3 Å². The third-order valence-corrected chi connectivity index (χ3v) is 6.07. The number of carbonyl (C=O) groups is 1. The molecular weight excluding hydrogens is 336 g/mol. The number of nitriles is 1. The maximum Gasteiger partial charge on any atom is 0.166 e. The van der Waals surface area contributed by atoms with Crippen LogP contribution in [0.1, 0.15) is 47.2 Å². The maximum absolute atomic E-state index is 13.1. The Labute approximate surface area is 160 Å². The lowest BCUT2D eigenvalue weighted by Crippen LogP contribution is -2.44. The number of Topliss-reactive ketones (excluding diaryl/α,β-unsaturated/α-hetero) is 1. The summed E-state index contributed by atoms with van der Waals surface area (Å²) in [5.41, 5.74) is 2.47. The monoisotopic (exact) mass is 360 g/mol. The minimum Gasteiger partial charge on any atom is -0.495 e. The highest BCUT2D eigenvalue weighted by Gasteiger charge is 2.42. The van der Waals surface area contributed by atoms with Gasteiger partial charge < -0.3 is 4.74 Å². The van der Waals surface area contributed by atoms with Crippen LogP contribution in [0, 0.1) is 17.2 Å². The lowest BCUT2D eigenvalue weighted by Gasteiger charge is -2.38. The average Bonchev–Trinajstić information content (AvgIpc) is 2.94. The second-order valence-corrected chi connectivity index (χ2v) is 7.60. The Bertz CT molecular complexity index is 858. The Morgan fingerprint density at radius 2 is 1.85 bits per heavy atom. The highest BCUT2D eigenvalue weighted by atomic mass is 16.5. The van der Waals surface area contributed by atoms with E-state index in [-0.39, 0.29) is 11.7 Å². The van der Waals surface area contributed by atoms with Crippen molar-refractivity contribution in [3.05, 3.63) is 65.2 Å². The number of carbonyl (C=O) groups excluding carboxylic acids is 1. The molecule has 0 saturated carbocycles. The van der Waals surface area contributed by atoms with Crippen molar-refractivity contribution >= 4 is 5.78 Å². The molecule has 2 atom stereocenters. The van der Waals surface area contributed by atoms with Crippen molar-refractivity contribution in [3.8, 4) is 11.8 Å². The first kappa shape index (κ1) is 17.8. The molecule has 138 valence electrons. The van der Waals surface area contributed by atoms with Crippen molar-refractivity contribution in [2.45, 2.75) is 44.3 Å². The number of hydrogen-bond acceptors (Lipinski definition) is 4. The fourth-order valence-electron chi connectivity index (χ4n) is 4.71. The normalized spacial score (nSPS) is 24.4. The minimum absolute atomic E-state index is 0.0622. The van der Waals surface area contributed by atoms with E-state index < -0.39 is 0 Å². The van der Waals surface area contributed by atoms with Gasteiger partial charge in [0.15, 0.2) is 5.78 Å². The van der Waals surface area contributed by atoms with Gasteiger partial charge in [-0.1, -0.05) is 30.3 Å². The zero-order valence-corrected chi connectivity index (χ0v) is 15.6. The topological polar surface area (TPSA) is 53.3 Å². The number of nitrogens with zero attached hydrogens (tertiary/aromatic N) is 2. The van der Waals surface area contributed by atoms with Crippen molar-refractivity contribution in [1.82, 2.24) is 4.90 Å². The molecule has 2 heterocycles. The van der Waals surface area contributed by atoms with Crippen LogP contribution in [0.15, 0.2) is 48.5 Å². The van der Waals surface area contributed by atoms with Crippen LogP contribution in [0.2, 0.25) is 0 Å². The number of benzene rings is 2. The molecule has 0 radical (unpaired) electrons. The van der Waals surface area contributed by atoms with Gasteiger partial charge in [0.05, 0.1) is 12.7 Å². The van der Waals surface area contributed by atoms with Crippen LogP contribution >= 0.6 is 0 Å². The molecule has 2 saturated heterocycles. The largest absolute Gasteiger partial charge is 0.495 e. The summed E-state index contributed by atoms with van der Waals surface area (Å²) in [6.45, 7) is 0.974. The third-order valence-electron chi connectivity index (χ3n) is 6.07. The van der Waals surface area contributed by atoms with Crippen LogP contribution in [0.3, 0.4) is 0 Å². The summed E-state index contributed by atoms with van der Waals surface area (Å²) in [6, 6.07) is 18.8. The predicted octanol–water partition coefficient (Wildman–Crippen LogP) is 4.19. The van der Waals surface area contributed by atoms with Crippen molar-refractivity contribution in [2.24, 2.45) is 5.92 Å². The fourth-order valence-corrected chi connectivity index (χ4v) is 4.71. The summed E-state index contributed by atoms with van der Waals surface area (Å²) in [5.74, 6) is 0.731. The van der Waals surface area contributed by atoms with E-state index in [1.165, 1.54) is 25.5 Å². The lowest BCUT2D eigenvalue weighted by atomic mass is 9.84. The van der Waals surface area contributed by atoms with Crippen LogP contribution < -0.4 is 4.74 Å². The molecule has 0 aromatic heterocycles. The van der Waals surface area contributed by atoms with Crippen molar-refractivity contribution in [1.29, 1.82) is 5.26 Å². The van der Waals surface area contributed by atoms with Gasteiger partial charge in [0.1, 0.15) is 11.8 Å². The molecule has 2 aromatic rings. The molecule has 2 unspecified atom stereocenters. The zero-order chi connectivity index (χ0) is 18.8. The van der Waals surface area contributed by atoms with E-state index in [1.807, 2.05) is 0 Å². The number of piperidine rings is 1. The first-order chi connectivity index (χ1) is 13.2. The van der Waals surface area contributed by atoms with Crippen molar-refractivity contribution < 1.29 is 9.53 Å². The molecule has 27 heavy (non-hydrogen) atoms. The fraction of sp³-hybridized carbons (Fsp3) is 0.391. The molecule has 0 spiro atoms. The molecule has 2 aliphatic heterocycles. The van der Waals surface area contributed by atoms with E-state index in [9.17, 15) is 4.79 Å². The Kier molecular flexibility index (Phi) is 4.96. The Morgan fingerprint density at radius 3 is 2.48 bits per heavy atom. The standard InChI is InChI=1S/C23H24N2O2/c1-27-22-13-17(7-8-18(22)14-24)23(26)19-11-20-9-10-21(12-19)25(20)15-16-5-3-2-4-6-16/h2-8,13,19-21H,9-12,15H2,1H3. The number of fused-ring (bicyclic) bond motifs is 2. The van der Waals surface area contributed by atoms with Crippen LogP contribution in [0.25, 0.3) is 0 Å². The third kappa shape index (κ3) is 3.48. The number of rotatable bonds is 5. The molecule has 0 N–H and O–H groups in total. The second kappa shape index (κ2) is 7.54. The molecule has 2 aliphatic rings. The van der Waals surface area contributed by atoms with Gasteiger partial charge in [0, 0.05) is 30.1 Å². The molecular formula is C23H24N2O2. The summed E-state index contributed by atoms with van der Waals surface area (Å²) in [7, 11) is 1.53. The van der Waals surface area contributed by atoms with Crippen LogP contribution in [-0.4, -0.2) is 29.9 Å². The van der Waals surface area contributed by atoms with Gasteiger partial charge in [-0.3, -0.25) is 9.69 Å². The van der Waals surface area contributed by atoms with Crippen molar-refractivity contribution in [2.75, 3.05) is 7.11 Å².